The summed E-state index contributed by atoms with van der Waals surface area (Å²) in [5, 5.41) is 13.8. The molecule has 7 heteroatoms. The zero-order valence-electron chi connectivity index (χ0n) is 21.2. The molecule has 0 radical (unpaired) electrons. The molecule has 2 N–H and O–H groups in total. The van der Waals surface area contributed by atoms with Crippen molar-refractivity contribution in [3.8, 4) is 11.3 Å². The maximum atomic E-state index is 13.0. The predicted octanol–water partition coefficient (Wildman–Crippen LogP) is 6.01. The minimum absolute atomic E-state index is 0.0458. The third kappa shape index (κ3) is 7.41. The number of benzene rings is 3. The molecule has 0 aliphatic rings. The highest BCUT2D eigenvalue weighted by molar-refractivity contribution is 5.95. The monoisotopic (exact) mass is 513 g/mol. The van der Waals surface area contributed by atoms with Gasteiger partial charge in [0, 0.05) is 23.6 Å². The Balaban J connectivity index is 1.42. The van der Waals surface area contributed by atoms with Gasteiger partial charge in [0.2, 0.25) is 0 Å². The quantitative estimate of drug-likeness (QED) is 0.168. The Morgan fingerprint density at radius 2 is 1.74 bits per heavy atom. The Hall–Kier alpha value is -4.20. The molecule has 0 aliphatic carbocycles. The molecule has 0 saturated carbocycles. The first-order valence-corrected chi connectivity index (χ1v) is 12.4. The Morgan fingerprint density at radius 1 is 1.00 bits per heavy atom. The van der Waals surface area contributed by atoms with Gasteiger partial charge in [-0.3, -0.25) is 9.59 Å². The van der Waals surface area contributed by atoms with Gasteiger partial charge in [-0.1, -0.05) is 72.8 Å². The van der Waals surface area contributed by atoms with Gasteiger partial charge in [0.25, 0.3) is 5.91 Å². The molecule has 3 aromatic carbocycles. The summed E-state index contributed by atoms with van der Waals surface area (Å²) in [5.74, 6) is -1.21. The highest BCUT2D eigenvalue weighted by atomic mass is 16.7. The molecule has 0 aliphatic heterocycles. The van der Waals surface area contributed by atoms with Gasteiger partial charge < -0.3 is 24.3 Å². The van der Waals surface area contributed by atoms with Gasteiger partial charge in [-0.2, -0.15) is 0 Å². The lowest BCUT2D eigenvalue weighted by Crippen LogP contribution is -2.40. The number of hydrogen-bond acceptors (Lipinski definition) is 5. The van der Waals surface area contributed by atoms with Crippen LogP contribution in [-0.2, 0) is 14.3 Å². The molecule has 0 bridgehead atoms. The number of fused-ring (bicyclic) bond motifs is 1. The van der Waals surface area contributed by atoms with E-state index in [0.717, 1.165) is 27.9 Å². The minimum Gasteiger partial charge on any atom is -0.481 e. The molecular weight excluding hydrogens is 482 g/mol. The Bertz CT molecular complexity index is 1330. The second-order valence-corrected chi connectivity index (χ2v) is 8.99. The van der Waals surface area contributed by atoms with Crippen LogP contribution < -0.4 is 5.32 Å². The number of nitrogens with one attached hydrogen (secondary N) is 1. The van der Waals surface area contributed by atoms with Crippen molar-refractivity contribution >= 4 is 28.9 Å². The molecule has 4 rings (SSSR count). The number of carbonyl (C=O) groups excluding carboxylic acids is 1. The van der Waals surface area contributed by atoms with E-state index in [1.54, 1.807) is 12.1 Å². The van der Waals surface area contributed by atoms with E-state index in [9.17, 15) is 14.7 Å². The first-order chi connectivity index (χ1) is 18.5. The van der Waals surface area contributed by atoms with Crippen molar-refractivity contribution in [2.75, 3.05) is 20.5 Å². The second-order valence-electron chi connectivity index (χ2n) is 8.99. The van der Waals surface area contributed by atoms with Gasteiger partial charge in [0.15, 0.2) is 0 Å². The number of carboxylic acid groups (broad SMARTS) is 1. The van der Waals surface area contributed by atoms with Gasteiger partial charge in [-0.15, -0.1) is 0 Å². The van der Waals surface area contributed by atoms with E-state index in [0.29, 0.717) is 12.0 Å². The smallest absolute Gasteiger partial charge is 0.306 e. The molecule has 38 heavy (non-hydrogen) atoms. The summed E-state index contributed by atoms with van der Waals surface area (Å²) in [7, 11) is 1.51. The van der Waals surface area contributed by atoms with Crippen LogP contribution in [0.4, 0.5) is 0 Å². The Labute approximate surface area is 221 Å². The Kier molecular flexibility index (Phi) is 9.45. The molecule has 4 aromatic rings. The number of allylic oxidation sites excluding steroid dienone is 1. The number of para-hydroxylation sites is 1. The van der Waals surface area contributed by atoms with Crippen molar-refractivity contribution in [3.05, 3.63) is 102 Å². The number of ether oxygens (including phenoxy) is 2. The molecule has 0 saturated heterocycles. The van der Waals surface area contributed by atoms with Crippen molar-refractivity contribution in [2.45, 2.75) is 18.9 Å². The van der Waals surface area contributed by atoms with E-state index in [2.05, 4.69) is 5.32 Å². The van der Waals surface area contributed by atoms with E-state index in [1.807, 2.05) is 84.9 Å². The topological polar surface area (TPSA) is 98.0 Å². The number of methoxy groups -OCH3 is 1. The van der Waals surface area contributed by atoms with Crippen molar-refractivity contribution < 1.29 is 28.6 Å². The fraction of sp³-hybridized carbons (Fsp3) is 0.226. The fourth-order valence-electron chi connectivity index (χ4n) is 4.19. The minimum atomic E-state index is -0.927. The largest absolute Gasteiger partial charge is 0.481 e. The molecule has 0 spiro atoms. The lowest BCUT2D eigenvalue weighted by Gasteiger charge is -2.22. The highest BCUT2D eigenvalue weighted by Gasteiger charge is 2.24. The van der Waals surface area contributed by atoms with Crippen LogP contribution >= 0.6 is 0 Å². The molecule has 2 atom stereocenters. The van der Waals surface area contributed by atoms with Crippen LogP contribution in [0.5, 0.6) is 0 Å². The summed E-state index contributed by atoms with van der Waals surface area (Å²) < 4.78 is 16.3. The van der Waals surface area contributed by atoms with Crippen molar-refractivity contribution in [1.82, 2.24) is 5.32 Å². The first-order valence-electron chi connectivity index (χ1n) is 12.4. The van der Waals surface area contributed by atoms with Crippen molar-refractivity contribution in [3.63, 3.8) is 0 Å². The molecular formula is C31H31NO6. The number of furan rings is 1. The standard InChI is InChI=1S/C31H31NO6/c1-36-21-37-20-27(18-26(31(34)35)12-7-10-22-8-3-2-4-9-22)32-30(33)24-16-14-23(15-17-24)29-19-25-11-5-6-13-28(25)38-29/h2-11,13-17,19,26-27H,12,18,20-21H2,1H3,(H,32,33)(H,34,35)/t26-,27-/m0/s1. The number of carbonyl (C=O) groups is 2. The normalized spacial score (nSPS) is 13.0. The third-order valence-corrected chi connectivity index (χ3v) is 6.16. The third-order valence-electron chi connectivity index (χ3n) is 6.16. The van der Waals surface area contributed by atoms with E-state index in [4.69, 9.17) is 13.9 Å². The number of amides is 1. The van der Waals surface area contributed by atoms with Crippen LogP contribution in [0.2, 0.25) is 0 Å². The molecule has 7 nitrogen and oxygen atoms in total. The van der Waals surface area contributed by atoms with Gasteiger partial charge in [-0.25, -0.2) is 0 Å². The molecule has 196 valence electrons. The fourth-order valence-corrected chi connectivity index (χ4v) is 4.19. The van der Waals surface area contributed by atoms with E-state index >= 15 is 0 Å². The van der Waals surface area contributed by atoms with Gasteiger partial charge in [0.1, 0.15) is 18.1 Å². The maximum absolute atomic E-state index is 13.0. The molecule has 0 unspecified atom stereocenters. The molecule has 1 amide bonds. The molecule has 1 aromatic heterocycles. The maximum Gasteiger partial charge on any atom is 0.306 e. The SMILES string of the molecule is COCOC[C@H](C[C@H](CC=Cc1ccccc1)C(=O)O)NC(=O)c1ccc(-c2cc3ccccc3o2)cc1. The highest BCUT2D eigenvalue weighted by Crippen LogP contribution is 2.28. The van der Waals surface area contributed by atoms with Crippen LogP contribution in [0.15, 0.2) is 95.4 Å². The summed E-state index contributed by atoms with van der Waals surface area (Å²) in [4.78, 5) is 25.0. The zero-order chi connectivity index (χ0) is 26.7. The van der Waals surface area contributed by atoms with Gasteiger partial charge in [-0.05, 0) is 42.7 Å². The number of rotatable bonds is 13. The van der Waals surface area contributed by atoms with Crippen molar-refractivity contribution in [1.29, 1.82) is 0 Å². The van der Waals surface area contributed by atoms with Crippen LogP contribution in [0.25, 0.3) is 28.4 Å². The summed E-state index contributed by atoms with van der Waals surface area (Å²) in [6.45, 7) is 0.174. The first kappa shape index (κ1) is 26.9. The number of hydrogen-bond donors (Lipinski definition) is 2. The zero-order valence-corrected chi connectivity index (χ0v) is 21.2. The summed E-state index contributed by atoms with van der Waals surface area (Å²) in [6.07, 6.45) is 4.28. The van der Waals surface area contributed by atoms with Crippen molar-refractivity contribution in [2.24, 2.45) is 5.92 Å². The Morgan fingerprint density at radius 3 is 2.45 bits per heavy atom. The lowest BCUT2D eigenvalue weighted by atomic mass is 9.96. The summed E-state index contributed by atoms with van der Waals surface area (Å²) in [5.41, 5.74) is 3.11. The molecule has 0 fully saturated rings. The van der Waals surface area contributed by atoms with Crippen LogP contribution in [-0.4, -0.2) is 43.5 Å². The van der Waals surface area contributed by atoms with E-state index in [1.165, 1.54) is 7.11 Å². The van der Waals surface area contributed by atoms with Crippen LogP contribution in [0.1, 0.15) is 28.8 Å². The van der Waals surface area contributed by atoms with Gasteiger partial charge in [0.05, 0.1) is 18.6 Å². The van der Waals surface area contributed by atoms with E-state index in [-0.39, 0.29) is 25.7 Å². The number of aliphatic carboxylic acids is 1. The van der Waals surface area contributed by atoms with Gasteiger partial charge >= 0.3 is 5.97 Å². The second kappa shape index (κ2) is 13.4. The predicted molar refractivity (Wildman–Crippen MR) is 147 cm³/mol. The van der Waals surface area contributed by atoms with E-state index < -0.39 is 17.9 Å². The molecule has 1 heterocycles. The van der Waals surface area contributed by atoms with Crippen LogP contribution in [0, 0.1) is 5.92 Å². The number of carboxylic acids is 1. The summed E-state index contributed by atoms with van der Waals surface area (Å²) >= 11 is 0. The average molecular weight is 514 g/mol. The summed E-state index contributed by atoms with van der Waals surface area (Å²) in [6, 6.07) is 26.0. The lowest BCUT2D eigenvalue weighted by molar-refractivity contribution is -0.142. The average Bonchev–Trinajstić information content (AvgIpc) is 3.37. The van der Waals surface area contributed by atoms with Crippen LogP contribution in [0.3, 0.4) is 0 Å².